The number of nitrogens with one attached hydrogen (secondary N) is 1. The minimum Gasteiger partial charge on any atom is -0.379 e. The van der Waals surface area contributed by atoms with E-state index in [1.807, 2.05) is 6.20 Å². The fraction of sp³-hybridized carbons (Fsp3) is 0.0161. The number of benzene rings is 9. The monoisotopic (exact) mass is 933 g/mol. The summed E-state index contributed by atoms with van der Waals surface area (Å²) in [5, 5.41) is 11.0. The van der Waals surface area contributed by atoms with Gasteiger partial charge in [0.05, 0.1) is 56.4 Å². The Balaban J connectivity index is 0.848. The Bertz CT molecular complexity index is 4170. The molecule has 0 atom stereocenters. The van der Waals surface area contributed by atoms with Gasteiger partial charge in [-0.25, -0.2) is 0 Å². The maximum absolute atomic E-state index is 4.99. The summed E-state index contributed by atoms with van der Waals surface area (Å²) in [4.78, 5) is 4.99. The molecule has 9 aromatic carbocycles. The Labute approximate surface area is 400 Å². The first kappa shape index (κ1) is 38.8. The average Bonchev–Trinajstić information content (AvgIpc) is 4.04. The summed E-state index contributed by atoms with van der Waals surface area (Å²) in [6, 6.07) is 77.2. The van der Waals surface area contributed by atoms with Crippen molar-refractivity contribution in [1.82, 2.24) is 18.7 Å². The lowest BCUT2D eigenvalue weighted by Gasteiger charge is -2.19. The standard InChI is InChI=1S/C62H40BrN5/c63-45-30-42(29-43(31-45)41-26-28-62-54(33-41)52-20-7-11-24-60(52)68(62)48-36-56-55(65-38-48)34-44(37-64-56)39-13-2-1-3-14-39)40-25-27-61-53(32-40)51-19-6-10-23-59(51)67(61)47-16-12-15-46(35-47)66-57-21-8-4-17-49(57)50-18-5-9-22-58(50)66/h1-36,38,64H,37H2. The van der Waals surface area contributed by atoms with Crippen LogP contribution >= 0.6 is 15.9 Å². The predicted octanol–water partition coefficient (Wildman–Crippen LogP) is 16.4. The quantitative estimate of drug-likeness (QED) is 0.180. The second-order valence-electron chi connectivity index (χ2n) is 17.8. The van der Waals surface area contributed by atoms with Crippen molar-refractivity contribution >= 4 is 98.7 Å². The Morgan fingerprint density at radius 2 is 0.838 bits per heavy atom. The number of anilines is 1. The molecule has 0 unspecified atom stereocenters. The molecule has 320 valence electrons. The van der Waals surface area contributed by atoms with Gasteiger partial charge in [-0.3, -0.25) is 4.98 Å². The normalized spacial score (nSPS) is 12.6. The molecule has 0 spiro atoms. The topological polar surface area (TPSA) is 39.7 Å². The molecule has 0 saturated carbocycles. The molecule has 0 aliphatic carbocycles. The van der Waals surface area contributed by atoms with Crippen molar-refractivity contribution < 1.29 is 0 Å². The number of hydrogen-bond acceptors (Lipinski definition) is 2. The summed E-state index contributed by atoms with van der Waals surface area (Å²) >= 11 is 3.93. The highest BCUT2D eigenvalue weighted by atomic mass is 79.9. The zero-order valence-corrected chi connectivity index (χ0v) is 38.3. The lowest BCUT2D eigenvalue weighted by Crippen LogP contribution is -2.11. The highest BCUT2D eigenvalue weighted by Crippen LogP contribution is 2.41. The van der Waals surface area contributed by atoms with Crippen LogP contribution in [0.1, 0.15) is 11.3 Å². The van der Waals surface area contributed by atoms with Gasteiger partial charge in [0.1, 0.15) is 0 Å². The molecule has 4 aromatic heterocycles. The summed E-state index contributed by atoms with van der Waals surface area (Å²) < 4.78 is 8.19. The molecule has 0 fully saturated rings. The summed E-state index contributed by atoms with van der Waals surface area (Å²) in [6.45, 7) is 0.754. The maximum Gasteiger partial charge on any atom is 0.0866 e. The van der Waals surface area contributed by atoms with Gasteiger partial charge >= 0.3 is 0 Å². The van der Waals surface area contributed by atoms with Crippen LogP contribution in [0.15, 0.2) is 223 Å². The van der Waals surface area contributed by atoms with E-state index >= 15 is 0 Å². The van der Waals surface area contributed by atoms with Crippen LogP contribution < -0.4 is 5.32 Å². The number of para-hydroxylation sites is 4. The predicted molar refractivity (Wildman–Crippen MR) is 289 cm³/mol. The molecule has 14 rings (SSSR count). The number of rotatable bonds is 6. The minimum atomic E-state index is 0.754. The van der Waals surface area contributed by atoms with E-state index in [2.05, 4.69) is 253 Å². The number of aromatic nitrogens is 4. The molecule has 5 heterocycles. The zero-order valence-electron chi connectivity index (χ0n) is 36.7. The van der Waals surface area contributed by atoms with Gasteiger partial charge in [-0.1, -0.05) is 137 Å². The van der Waals surface area contributed by atoms with E-state index in [1.165, 1.54) is 71.1 Å². The number of fused-ring (bicyclic) bond motifs is 10. The lowest BCUT2D eigenvalue weighted by molar-refractivity contribution is 1.12. The number of nitrogens with zero attached hydrogens (tertiary/aromatic N) is 4. The fourth-order valence-electron chi connectivity index (χ4n) is 10.8. The van der Waals surface area contributed by atoms with E-state index in [9.17, 15) is 0 Å². The molecule has 5 nitrogen and oxygen atoms in total. The van der Waals surface area contributed by atoms with Gasteiger partial charge in [0.15, 0.2) is 0 Å². The van der Waals surface area contributed by atoms with Crippen molar-refractivity contribution in [2.24, 2.45) is 0 Å². The number of halogens is 1. The van der Waals surface area contributed by atoms with Gasteiger partial charge in [0, 0.05) is 54.7 Å². The highest BCUT2D eigenvalue weighted by molar-refractivity contribution is 9.10. The molecule has 0 bridgehead atoms. The van der Waals surface area contributed by atoms with Crippen molar-refractivity contribution in [2.75, 3.05) is 11.9 Å². The van der Waals surface area contributed by atoms with E-state index < -0.39 is 0 Å². The van der Waals surface area contributed by atoms with Crippen LogP contribution in [-0.2, 0) is 0 Å². The first-order chi connectivity index (χ1) is 33.6. The molecule has 0 amide bonds. The van der Waals surface area contributed by atoms with Crippen LogP contribution in [0.25, 0.3) is 116 Å². The van der Waals surface area contributed by atoms with Crippen molar-refractivity contribution in [3.63, 3.8) is 0 Å². The van der Waals surface area contributed by atoms with E-state index in [1.54, 1.807) is 0 Å². The van der Waals surface area contributed by atoms with E-state index in [0.29, 0.717) is 0 Å². The summed E-state index contributed by atoms with van der Waals surface area (Å²) in [7, 11) is 0. The Morgan fingerprint density at radius 3 is 1.38 bits per heavy atom. The van der Waals surface area contributed by atoms with Crippen molar-refractivity contribution in [3.8, 4) is 39.3 Å². The van der Waals surface area contributed by atoms with Crippen LogP contribution in [-0.4, -0.2) is 25.2 Å². The largest absolute Gasteiger partial charge is 0.379 e. The van der Waals surface area contributed by atoms with Gasteiger partial charge in [-0.05, 0) is 130 Å². The maximum atomic E-state index is 4.99. The van der Waals surface area contributed by atoms with Crippen LogP contribution in [0.5, 0.6) is 0 Å². The molecule has 0 saturated heterocycles. The molecule has 1 aliphatic heterocycles. The molecule has 0 radical (unpaired) electrons. The Morgan fingerprint density at radius 1 is 0.368 bits per heavy atom. The van der Waals surface area contributed by atoms with Crippen LogP contribution in [0.2, 0.25) is 0 Å². The lowest BCUT2D eigenvalue weighted by atomic mass is 9.97. The average molecular weight is 935 g/mol. The van der Waals surface area contributed by atoms with Crippen LogP contribution in [0.4, 0.5) is 5.69 Å². The molecule has 13 aromatic rings. The Kier molecular flexibility index (Phi) is 8.73. The Hall–Kier alpha value is -8.45. The SMILES string of the molecule is Brc1cc(-c2ccc3c(c2)c2ccccc2n3-c2cccc(-n3c4ccccc4c4ccccc43)c2)cc(-c2ccc3c(c2)c2ccccc2n3-c2cnc3c(c2)NCC(c2ccccc2)=C3)c1. The number of pyridine rings is 1. The minimum absolute atomic E-state index is 0.754. The van der Waals surface area contributed by atoms with E-state index in [-0.39, 0.29) is 0 Å². The summed E-state index contributed by atoms with van der Waals surface area (Å²) in [5.41, 5.74) is 19.4. The fourth-order valence-corrected chi connectivity index (χ4v) is 11.3. The van der Waals surface area contributed by atoms with Crippen LogP contribution in [0, 0.1) is 0 Å². The third-order valence-electron chi connectivity index (χ3n) is 13.9. The summed E-state index contributed by atoms with van der Waals surface area (Å²) in [6.07, 6.45) is 4.21. The third-order valence-corrected chi connectivity index (χ3v) is 14.4. The molecule has 68 heavy (non-hydrogen) atoms. The van der Waals surface area contributed by atoms with Gasteiger partial charge in [-0.15, -0.1) is 0 Å². The molecule has 1 N–H and O–H groups in total. The molecule has 6 heteroatoms. The second kappa shape index (κ2) is 15.3. The van der Waals surface area contributed by atoms with Crippen molar-refractivity contribution in [2.45, 2.75) is 0 Å². The molecule has 1 aliphatic rings. The van der Waals surface area contributed by atoms with Crippen molar-refractivity contribution in [3.05, 3.63) is 234 Å². The third kappa shape index (κ3) is 6.11. The van der Waals surface area contributed by atoms with Gasteiger partial charge < -0.3 is 19.0 Å². The summed E-state index contributed by atoms with van der Waals surface area (Å²) in [5.74, 6) is 0. The van der Waals surface area contributed by atoms with E-state index in [0.717, 1.165) is 67.2 Å². The highest BCUT2D eigenvalue weighted by Gasteiger charge is 2.20. The van der Waals surface area contributed by atoms with Crippen LogP contribution in [0.3, 0.4) is 0 Å². The first-order valence-electron chi connectivity index (χ1n) is 23.1. The van der Waals surface area contributed by atoms with Gasteiger partial charge in [0.2, 0.25) is 0 Å². The van der Waals surface area contributed by atoms with Gasteiger partial charge in [0.25, 0.3) is 0 Å². The van der Waals surface area contributed by atoms with Gasteiger partial charge in [-0.2, -0.15) is 0 Å². The zero-order chi connectivity index (χ0) is 44.9. The van der Waals surface area contributed by atoms with E-state index in [4.69, 9.17) is 4.98 Å². The first-order valence-corrected chi connectivity index (χ1v) is 23.9. The van der Waals surface area contributed by atoms with Crippen molar-refractivity contribution in [1.29, 1.82) is 0 Å². The second-order valence-corrected chi connectivity index (χ2v) is 18.7. The molecular formula is C62H40BrN5. The molecular weight excluding hydrogens is 895 g/mol. The number of hydrogen-bond donors (Lipinski definition) is 1. The smallest absolute Gasteiger partial charge is 0.0866 e.